The van der Waals surface area contributed by atoms with Crippen molar-refractivity contribution in [2.75, 3.05) is 13.7 Å². The standard InChI is InChI=1S/C21H22N2O5S/c1-3-27-18-4-6-19(7-5-18)28-21-14-16(12-13-22-21)15-23-29(24,25)20-10-8-17(26-2)9-11-20/h4-14,23H,3,15H2,1-2H3. The molecule has 0 saturated carbocycles. The van der Waals surface area contributed by atoms with Crippen LogP contribution in [-0.2, 0) is 16.6 Å². The summed E-state index contributed by atoms with van der Waals surface area (Å²) in [6.07, 6.45) is 1.57. The van der Waals surface area contributed by atoms with E-state index in [1.54, 1.807) is 42.6 Å². The van der Waals surface area contributed by atoms with Crippen LogP contribution >= 0.6 is 0 Å². The zero-order valence-electron chi connectivity index (χ0n) is 16.2. The predicted molar refractivity (Wildman–Crippen MR) is 109 cm³/mol. The van der Waals surface area contributed by atoms with E-state index in [-0.39, 0.29) is 11.4 Å². The summed E-state index contributed by atoms with van der Waals surface area (Å²) in [5, 5.41) is 0. The highest BCUT2D eigenvalue weighted by molar-refractivity contribution is 7.89. The summed E-state index contributed by atoms with van der Waals surface area (Å²) in [4.78, 5) is 4.34. The van der Waals surface area contributed by atoms with Crippen LogP contribution < -0.4 is 18.9 Å². The highest BCUT2D eigenvalue weighted by Gasteiger charge is 2.14. The Balaban J connectivity index is 1.64. The molecule has 1 heterocycles. The van der Waals surface area contributed by atoms with Gasteiger partial charge in [-0.15, -0.1) is 0 Å². The van der Waals surface area contributed by atoms with E-state index in [0.717, 1.165) is 11.3 Å². The van der Waals surface area contributed by atoms with Gasteiger partial charge in [-0.25, -0.2) is 18.1 Å². The van der Waals surface area contributed by atoms with Crippen molar-refractivity contribution >= 4 is 10.0 Å². The number of hydrogen-bond acceptors (Lipinski definition) is 6. The van der Waals surface area contributed by atoms with Crippen molar-refractivity contribution < 1.29 is 22.6 Å². The predicted octanol–water partition coefficient (Wildman–Crippen LogP) is 3.76. The van der Waals surface area contributed by atoms with Gasteiger partial charge in [-0.3, -0.25) is 0 Å². The Morgan fingerprint density at radius 3 is 2.24 bits per heavy atom. The minimum atomic E-state index is -3.65. The quantitative estimate of drug-likeness (QED) is 0.574. The number of benzene rings is 2. The molecular formula is C21H22N2O5S. The number of nitrogens with one attached hydrogen (secondary N) is 1. The average molecular weight is 414 g/mol. The van der Waals surface area contributed by atoms with Crippen molar-refractivity contribution in [3.05, 3.63) is 72.4 Å². The molecule has 3 rings (SSSR count). The van der Waals surface area contributed by atoms with Crippen LogP contribution in [0.4, 0.5) is 0 Å². The third-order valence-electron chi connectivity index (χ3n) is 3.99. The SMILES string of the molecule is CCOc1ccc(Oc2cc(CNS(=O)(=O)c3ccc(OC)cc3)ccn2)cc1. The topological polar surface area (TPSA) is 86.8 Å². The van der Waals surface area contributed by atoms with Crippen LogP contribution in [0.5, 0.6) is 23.1 Å². The van der Waals surface area contributed by atoms with Gasteiger partial charge < -0.3 is 14.2 Å². The third kappa shape index (κ3) is 5.69. The summed E-state index contributed by atoms with van der Waals surface area (Å²) in [6, 6.07) is 16.8. The fraction of sp³-hybridized carbons (Fsp3) is 0.190. The number of methoxy groups -OCH3 is 1. The molecule has 0 spiro atoms. The number of pyridine rings is 1. The first-order valence-electron chi connectivity index (χ1n) is 8.99. The van der Waals surface area contributed by atoms with E-state index in [1.165, 1.54) is 19.2 Å². The Morgan fingerprint density at radius 1 is 0.931 bits per heavy atom. The van der Waals surface area contributed by atoms with E-state index in [4.69, 9.17) is 14.2 Å². The van der Waals surface area contributed by atoms with Crippen molar-refractivity contribution in [1.82, 2.24) is 9.71 Å². The lowest BCUT2D eigenvalue weighted by Gasteiger charge is -2.10. The van der Waals surface area contributed by atoms with Crippen LogP contribution in [0.3, 0.4) is 0 Å². The largest absolute Gasteiger partial charge is 0.497 e. The van der Waals surface area contributed by atoms with Crippen molar-refractivity contribution in [2.24, 2.45) is 0 Å². The number of hydrogen-bond donors (Lipinski definition) is 1. The summed E-state index contributed by atoms with van der Waals surface area (Å²) in [7, 11) is -2.12. The maximum Gasteiger partial charge on any atom is 0.240 e. The third-order valence-corrected chi connectivity index (χ3v) is 5.41. The van der Waals surface area contributed by atoms with Crippen molar-refractivity contribution in [2.45, 2.75) is 18.4 Å². The molecule has 0 aliphatic rings. The molecule has 0 radical (unpaired) electrons. The average Bonchev–Trinajstić information content (AvgIpc) is 2.74. The second-order valence-electron chi connectivity index (χ2n) is 6.01. The van der Waals surface area contributed by atoms with Gasteiger partial charge in [-0.1, -0.05) is 0 Å². The molecule has 0 aliphatic heterocycles. The van der Waals surface area contributed by atoms with Crippen molar-refractivity contribution in [3.63, 3.8) is 0 Å². The summed E-state index contributed by atoms with van der Waals surface area (Å²) >= 11 is 0. The number of nitrogens with zero attached hydrogens (tertiary/aromatic N) is 1. The van der Waals surface area contributed by atoms with E-state index in [9.17, 15) is 8.42 Å². The number of sulfonamides is 1. The maximum atomic E-state index is 12.5. The summed E-state index contributed by atoms with van der Waals surface area (Å²) < 4.78 is 43.7. The molecule has 0 atom stereocenters. The van der Waals surface area contributed by atoms with E-state index in [1.807, 2.05) is 19.1 Å². The normalized spacial score (nSPS) is 11.1. The molecule has 1 aromatic heterocycles. The zero-order valence-corrected chi connectivity index (χ0v) is 17.0. The van der Waals surface area contributed by atoms with Crippen LogP contribution in [0, 0.1) is 0 Å². The van der Waals surface area contributed by atoms with Gasteiger partial charge in [0.2, 0.25) is 15.9 Å². The molecule has 0 bridgehead atoms. The fourth-order valence-electron chi connectivity index (χ4n) is 2.52. The molecular weight excluding hydrogens is 392 g/mol. The van der Waals surface area contributed by atoms with E-state index >= 15 is 0 Å². The lowest BCUT2D eigenvalue weighted by atomic mass is 10.3. The van der Waals surface area contributed by atoms with Crippen molar-refractivity contribution in [1.29, 1.82) is 0 Å². The van der Waals surface area contributed by atoms with Crippen molar-refractivity contribution in [3.8, 4) is 23.1 Å². The van der Waals surface area contributed by atoms with Crippen LogP contribution in [-0.4, -0.2) is 27.1 Å². The molecule has 1 N–H and O–H groups in total. The summed E-state index contributed by atoms with van der Waals surface area (Å²) in [5.41, 5.74) is 0.720. The van der Waals surface area contributed by atoms with Gasteiger partial charge in [-0.2, -0.15) is 0 Å². The van der Waals surface area contributed by atoms with Crippen LogP contribution in [0.25, 0.3) is 0 Å². The van der Waals surface area contributed by atoms with Gasteiger partial charge in [0.15, 0.2) is 0 Å². The zero-order chi connectivity index (χ0) is 20.7. The molecule has 0 unspecified atom stereocenters. The summed E-state index contributed by atoms with van der Waals surface area (Å²) in [5.74, 6) is 2.33. The van der Waals surface area contributed by atoms with Crippen LogP contribution in [0.15, 0.2) is 71.8 Å². The molecule has 0 amide bonds. The number of rotatable bonds is 9. The van der Waals surface area contributed by atoms with E-state index in [0.29, 0.717) is 24.0 Å². The summed E-state index contributed by atoms with van der Waals surface area (Å²) in [6.45, 7) is 2.62. The number of aromatic nitrogens is 1. The minimum absolute atomic E-state index is 0.108. The first-order valence-corrected chi connectivity index (χ1v) is 10.5. The maximum absolute atomic E-state index is 12.5. The van der Waals surface area contributed by atoms with E-state index < -0.39 is 10.0 Å². The van der Waals surface area contributed by atoms with Crippen LogP contribution in [0.1, 0.15) is 12.5 Å². The second-order valence-corrected chi connectivity index (χ2v) is 7.78. The Kier molecular flexibility index (Phi) is 6.69. The molecule has 7 nitrogen and oxygen atoms in total. The molecule has 0 fully saturated rings. The van der Waals surface area contributed by atoms with Gasteiger partial charge in [0, 0.05) is 18.8 Å². The minimum Gasteiger partial charge on any atom is -0.497 e. The Labute approximate surface area is 170 Å². The van der Waals surface area contributed by atoms with Crippen LogP contribution in [0.2, 0.25) is 0 Å². The highest BCUT2D eigenvalue weighted by Crippen LogP contribution is 2.23. The molecule has 152 valence electrons. The second kappa shape index (κ2) is 9.40. The Hall–Kier alpha value is -3.10. The number of ether oxygens (including phenoxy) is 3. The van der Waals surface area contributed by atoms with Gasteiger partial charge in [-0.05, 0) is 67.1 Å². The lowest BCUT2D eigenvalue weighted by Crippen LogP contribution is -2.23. The lowest BCUT2D eigenvalue weighted by molar-refractivity contribution is 0.339. The highest BCUT2D eigenvalue weighted by atomic mass is 32.2. The monoisotopic (exact) mass is 414 g/mol. The van der Waals surface area contributed by atoms with Gasteiger partial charge in [0.1, 0.15) is 17.2 Å². The Morgan fingerprint density at radius 2 is 1.59 bits per heavy atom. The molecule has 0 saturated heterocycles. The Bertz CT molecular complexity index is 1040. The first kappa shape index (κ1) is 20.6. The first-order chi connectivity index (χ1) is 14.0. The van der Waals surface area contributed by atoms with Gasteiger partial charge >= 0.3 is 0 Å². The molecule has 2 aromatic carbocycles. The van der Waals surface area contributed by atoms with Gasteiger partial charge in [0.05, 0.1) is 18.6 Å². The van der Waals surface area contributed by atoms with Gasteiger partial charge in [0.25, 0.3) is 0 Å². The molecule has 8 heteroatoms. The molecule has 3 aromatic rings. The molecule has 0 aliphatic carbocycles. The molecule has 29 heavy (non-hydrogen) atoms. The van der Waals surface area contributed by atoms with E-state index in [2.05, 4.69) is 9.71 Å². The smallest absolute Gasteiger partial charge is 0.240 e. The fourth-order valence-corrected chi connectivity index (χ4v) is 3.54.